The van der Waals surface area contributed by atoms with Gasteiger partial charge in [0.25, 0.3) is 5.91 Å². The Hall–Kier alpha value is -3.13. The number of methoxy groups -OCH3 is 1. The number of amides is 1. The SMILES string of the molecule is COc1cccc(-c2noc(CN3CCN(C(=O)c4ccoc4)CC3)n2)c1. The van der Waals surface area contributed by atoms with E-state index in [1.54, 1.807) is 13.2 Å². The van der Waals surface area contributed by atoms with Crippen molar-refractivity contribution < 1.29 is 18.5 Å². The number of furan rings is 1. The molecule has 4 rings (SSSR count). The zero-order chi connectivity index (χ0) is 18.6. The summed E-state index contributed by atoms with van der Waals surface area (Å²) in [4.78, 5) is 20.8. The van der Waals surface area contributed by atoms with Crippen LogP contribution in [0.5, 0.6) is 5.75 Å². The number of hydrogen-bond acceptors (Lipinski definition) is 7. The lowest BCUT2D eigenvalue weighted by atomic mass is 10.2. The van der Waals surface area contributed by atoms with Gasteiger partial charge in [0.2, 0.25) is 11.7 Å². The molecule has 140 valence electrons. The van der Waals surface area contributed by atoms with Gasteiger partial charge in [-0.3, -0.25) is 9.69 Å². The van der Waals surface area contributed by atoms with Gasteiger partial charge in [-0.25, -0.2) is 0 Å². The molecule has 0 spiro atoms. The van der Waals surface area contributed by atoms with Gasteiger partial charge in [0.1, 0.15) is 12.0 Å². The van der Waals surface area contributed by atoms with E-state index in [0.717, 1.165) is 24.4 Å². The van der Waals surface area contributed by atoms with E-state index in [1.165, 1.54) is 12.5 Å². The number of aromatic nitrogens is 2. The van der Waals surface area contributed by atoms with E-state index < -0.39 is 0 Å². The summed E-state index contributed by atoms with van der Waals surface area (Å²) in [5.41, 5.74) is 1.43. The first-order valence-electron chi connectivity index (χ1n) is 8.74. The highest BCUT2D eigenvalue weighted by Gasteiger charge is 2.24. The van der Waals surface area contributed by atoms with E-state index in [0.29, 0.717) is 36.9 Å². The minimum Gasteiger partial charge on any atom is -0.497 e. The van der Waals surface area contributed by atoms with E-state index in [1.807, 2.05) is 29.2 Å². The molecule has 27 heavy (non-hydrogen) atoms. The Morgan fingerprint density at radius 1 is 1.22 bits per heavy atom. The number of rotatable bonds is 5. The van der Waals surface area contributed by atoms with Gasteiger partial charge in [0, 0.05) is 31.7 Å². The zero-order valence-electron chi connectivity index (χ0n) is 15.0. The van der Waals surface area contributed by atoms with E-state index in [9.17, 15) is 4.79 Å². The molecule has 1 amide bonds. The van der Waals surface area contributed by atoms with Crippen LogP contribution in [0.15, 0.2) is 51.8 Å². The minimum atomic E-state index is 0.00139. The fourth-order valence-electron chi connectivity index (χ4n) is 3.07. The minimum absolute atomic E-state index is 0.00139. The lowest BCUT2D eigenvalue weighted by molar-refractivity contribution is 0.0614. The molecule has 0 radical (unpaired) electrons. The monoisotopic (exact) mass is 368 g/mol. The number of carbonyl (C=O) groups is 1. The fourth-order valence-corrected chi connectivity index (χ4v) is 3.07. The first-order chi connectivity index (χ1) is 13.2. The molecule has 3 aromatic rings. The molecular weight excluding hydrogens is 348 g/mol. The molecule has 1 saturated heterocycles. The molecule has 0 saturated carbocycles. The van der Waals surface area contributed by atoms with Gasteiger partial charge in [-0.2, -0.15) is 4.98 Å². The summed E-state index contributed by atoms with van der Waals surface area (Å²) in [7, 11) is 1.62. The maximum Gasteiger partial charge on any atom is 0.257 e. The van der Waals surface area contributed by atoms with Gasteiger partial charge in [-0.15, -0.1) is 0 Å². The predicted molar refractivity (Wildman–Crippen MR) is 96.2 cm³/mol. The molecule has 0 unspecified atom stereocenters. The van der Waals surface area contributed by atoms with E-state index >= 15 is 0 Å². The zero-order valence-corrected chi connectivity index (χ0v) is 15.0. The Labute approximate surface area is 156 Å². The molecular formula is C19H20N4O4. The summed E-state index contributed by atoms with van der Waals surface area (Å²) >= 11 is 0. The third-order valence-corrected chi connectivity index (χ3v) is 4.58. The van der Waals surface area contributed by atoms with E-state index in [4.69, 9.17) is 13.7 Å². The lowest BCUT2D eigenvalue weighted by Gasteiger charge is -2.33. The fraction of sp³-hybridized carbons (Fsp3) is 0.316. The molecule has 1 aliphatic heterocycles. The lowest BCUT2D eigenvalue weighted by Crippen LogP contribution is -2.48. The largest absolute Gasteiger partial charge is 0.497 e. The normalized spacial score (nSPS) is 15.1. The summed E-state index contributed by atoms with van der Waals surface area (Å²) < 4.78 is 15.6. The second kappa shape index (κ2) is 7.63. The highest BCUT2D eigenvalue weighted by molar-refractivity contribution is 5.93. The van der Waals surface area contributed by atoms with Gasteiger partial charge in [0.15, 0.2) is 0 Å². The van der Waals surface area contributed by atoms with Crippen LogP contribution < -0.4 is 4.74 Å². The number of piperazine rings is 1. The highest BCUT2D eigenvalue weighted by Crippen LogP contribution is 2.21. The van der Waals surface area contributed by atoms with Gasteiger partial charge < -0.3 is 18.6 Å². The maximum atomic E-state index is 12.3. The Bertz CT molecular complexity index is 898. The van der Waals surface area contributed by atoms with Gasteiger partial charge in [-0.05, 0) is 18.2 Å². The van der Waals surface area contributed by atoms with Crippen molar-refractivity contribution in [1.29, 1.82) is 0 Å². The average Bonchev–Trinajstić information content (AvgIpc) is 3.40. The molecule has 0 bridgehead atoms. The second-order valence-electron chi connectivity index (χ2n) is 6.32. The molecule has 1 aliphatic rings. The predicted octanol–water partition coefficient (Wildman–Crippen LogP) is 2.30. The summed E-state index contributed by atoms with van der Waals surface area (Å²) in [6.45, 7) is 3.37. The summed E-state index contributed by atoms with van der Waals surface area (Å²) in [6.07, 6.45) is 2.99. The van der Waals surface area contributed by atoms with Gasteiger partial charge in [0.05, 0.1) is 25.5 Å². The summed E-state index contributed by atoms with van der Waals surface area (Å²) in [5.74, 6) is 1.85. The van der Waals surface area contributed by atoms with Crippen LogP contribution in [0.25, 0.3) is 11.4 Å². The Kier molecular flexibility index (Phi) is 4.88. The van der Waals surface area contributed by atoms with Crippen LogP contribution in [0.2, 0.25) is 0 Å². The third-order valence-electron chi connectivity index (χ3n) is 4.58. The second-order valence-corrected chi connectivity index (χ2v) is 6.32. The van der Waals surface area contributed by atoms with Crippen molar-refractivity contribution in [2.75, 3.05) is 33.3 Å². The van der Waals surface area contributed by atoms with E-state index in [-0.39, 0.29) is 5.91 Å². The van der Waals surface area contributed by atoms with Crippen molar-refractivity contribution in [3.63, 3.8) is 0 Å². The van der Waals surface area contributed by atoms with Crippen molar-refractivity contribution in [2.45, 2.75) is 6.54 Å². The van der Waals surface area contributed by atoms with Crippen molar-refractivity contribution in [2.24, 2.45) is 0 Å². The van der Waals surface area contributed by atoms with Crippen molar-refractivity contribution >= 4 is 5.91 Å². The van der Waals surface area contributed by atoms with Crippen molar-refractivity contribution in [3.05, 3.63) is 54.3 Å². The molecule has 8 nitrogen and oxygen atoms in total. The highest BCUT2D eigenvalue weighted by atomic mass is 16.5. The standard InChI is InChI=1S/C19H20N4O4/c1-25-16-4-2-3-14(11-16)18-20-17(27-21-18)12-22-6-8-23(9-7-22)19(24)15-5-10-26-13-15/h2-5,10-11,13H,6-9,12H2,1H3. The molecule has 8 heteroatoms. The average molecular weight is 368 g/mol. The maximum absolute atomic E-state index is 12.3. The van der Waals surface area contributed by atoms with E-state index in [2.05, 4.69) is 15.0 Å². The van der Waals surface area contributed by atoms with Crippen LogP contribution in [0, 0.1) is 0 Å². The first kappa shape index (κ1) is 17.3. The third kappa shape index (κ3) is 3.85. The van der Waals surface area contributed by atoms with Crippen LogP contribution in [-0.2, 0) is 6.54 Å². The molecule has 0 atom stereocenters. The Morgan fingerprint density at radius 3 is 2.81 bits per heavy atom. The summed E-state index contributed by atoms with van der Waals surface area (Å²) in [5, 5.41) is 4.06. The number of carbonyl (C=O) groups excluding carboxylic acids is 1. The van der Waals surface area contributed by atoms with Crippen LogP contribution in [0.3, 0.4) is 0 Å². The number of hydrogen-bond donors (Lipinski definition) is 0. The Morgan fingerprint density at radius 2 is 2.07 bits per heavy atom. The molecule has 0 N–H and O–H groups in total. The van der Waals surface area contributed by atoms with Crippen molar-refractivity contribution in [1.82, 2.24) is 19.9 Å². The molecule has 1 fully saturated rings. The van der Waals surface area contributed by atoms with Crippen LogP contribution >= 0.6 is 0 Å². The van der Waals surface area contributed by atoms with Crippen LogP contribution in [-0.4, -0.2) is 59.1 Å². The quantitative estimate of drug-likeness (QED) is 0.683. The van der Waals surface area contributed by atoms with Gasteiger partial charge >= 0.3 is 0 Å². The number of ether oxygens (including phenoxy) is 1. The smallest absolute Gasteiger partial charge is 0.257 e. The molecule has 0 aliphatic carbocycles. The molecule has 1 aromatic carbocycles. The van der Waals surface area contributed by atoms with Gasteiger partial charge in [-0.1, -0.05) is 17.3 Å². The number of benzene rings is 1. The topological polar surface area (TPSA) is 84.8 Å². The first-order valence-corrected chi connectivity index (χ1v) is 8.74. The Balaban J connectivity index is 1.34. The summed E-state index contributed by atoms with van der Waals surface area (Å²) in [6, 6.07) is 9.23. The van der Waals surface area contributed by atoms with Crippen molar-refractivity contribution in [3.8, 4) is 17.1 Å². The molecule has 2 aromatic heterocycles. The number of nitrogens with zero attached hydrogens (tertiary/aromatic N) is 4. The van der Waals surface area contributed by atoms with Crippen LogP contribution in [0.1, 0.15) is 16.2 Å². The molecule has 3 heterocycles. The van der Waals surface area contributed by atoms with Crippen LogP contribution in [0.4, 0.5) is 0 Å².